The predicted octanol–water partition coefficient (Wildman–Crippen LogP) is 3.52. The third-order valence-corrected chi connectivity index (χ3v) is 4.31. The van der Waals surface area contributed by atoms with Crippen molar-refractivity contribution in [2.75, 3.05) is 0 Å². The molecule has 0 aliphatic carbocycles. The SMILES string of the molecule is O=S(=O)(Oc1ccccc1-c1ccccc1)c1cccnc1. The molecule has 0 saturated carbocycles. The Labute approximate surface area is 129 Å². The minimum atomic E-state index is -3.91. The van der Waals surface area contributed by atoms with E-state index >= 15 is 0 Å². The molecule has 0 N–H and O–H groups in total. The van der Waals surface area contributed by atoms with E-state index in [1.54, 1.807) is 18.2 Å². The summed E-state index contributed by atoms with van der Waals surface area (Å²) >= 11 is 0. The maximum Gasteiger partial charge on any atom is 0.340 e. The van der Waals surface area contributed by atoms with Gasteiger partial charge < -0.3 is 4.18 Å². The van der Waals surface area contributed by atoms with Crippen molar-refractivity contribution in [2.45, 2.75) is 4.90 Å². The molecular weight excluding hydrogens is 298 g/mol. The van der Waals surface area contributed by atoms with Gasteiger partial charge >= 0.3 is 10.1 Å². The highest BCUT2D eigenvalue weighted by Gasteiger charge is 2.18. The summed E-state index contributed by atoms with van der Waals surface area (Å²) in [6.07, 6.45) is 2.78. The van der Waals surface area contributed by atoms with E-state index in [1.165, 1.54) is 18.5 Å². The van der Waals surface area contributed by atoms with Gasteiger partial charge in [-0.15, -0.1) is 0 Å². The van der Waals surface area contributed by atoms with E-state index in [-0.39, 0.29) is 10.6 Å². The van der Waals surface area contributed by atoms with Crippen LogP contribution in [0.3, 0.4) is 0 Å². The standard InChI is InChI=1S/C17H13NO3S/c19-22(20,15-9-6-12-18-13-15)21-17-11-5-4-10-16(17)14-7-2-1-3-8-14/h1-13H. The molecule has 0 amide bonds. The Morgan fingerprint density at radius 3 is 2.27 bits per heavy atom. The van der Waals surface area contributed by atoms with Gasteiger partial charge in [-0.2, -0.15) is 8.42 Å². The molecule has 22 heavy (non-hydrogen) atoms. The minimum Gasteiger partial charge on any atom is -0.378 e. The average molecular weight is 311 g/mol. The van der Waals surface area contributed by atoms with Crippen LogP contribution in [0.5, 0.6) is 5.75 Å². The molecule has 0 fully saturated rings. The minimum absolute atomic E-state index is 0.0258. The molecule has 2 aromatic carbocycles. The van der Waals surface area contributed by atoms with Crippen LogP contribution in [0.1, 0.15) is 0 Å². The highest BCUT2D eigenvalue weighted by Crippen LogP contribution is 2.31. The lowest BCUT2D eigenvalue weighted by molar-refractivity contribution is 0.486. The normalized spacial score (nSPS) is 11.1. The van der Waals surface area contributed by atoms with Crippen LogP contribution in [0.4, 0.5) is 0 Å². The van der Waals surface area contributed by atoms with E-state index in [0.717, 1.165) is 11.1 Å². The van der Waals surface area contributed by atoms with E-state index < -0.39 is 10.1 Å². The van der Waals surface area contributed by atoms with Crippen LogP contribution in [0, 0.1) is 0 Å². The second-order valence-electron chi connectivity index (χ2n) is 4.59. The molecule has 0 spiro atoms. The van der Waals surface area contributed by atoms with Crippen molar-refractivity contribution in [3.8, 4) is 16.9 Å². The summed E-state index contributed by atoms with van der Waals surface area (Å²) in [6.45, 7) is 0. The van der Waals surface area contributed by atoms with E-state index in [4.69, 9.17) is 4.18 Å². The molecule has 0 radical (unpaired) electrons. The summed E-state index contributed by atoms with van der Waals surface area (Å²) in [5, 5.41) is 0. The monoisotopic (exact) mass is 311 g/mol. The maximum absolute atomic E-state index is 12.3. The highest BCUT2D eigenvalue weighted by molar-refractivity contribution is 7.87. The number of aromatic nitrogens is 1. The Kier molecular flexibility index (Phi) is 3.89. The van der Waals surface area contributed by atoms with Gasteiger partial charge in [0.15, 0.2) is 5.75 Å². The molecule has 1 heterocycles. The molecule has 1 aromatic heterocycles. The fraction of sp³-hybridized carbons (Fsp3) is 0. The van der Waals surface area contributed by atoms with Crippen LogP contribution in [-0.2, 0) is 10.1 Å². The number of nitrogens with zero attached hydrogens (tertiary/aromatic N) is 1. The predicted molar refractivity (Wildman–Crippen MR) is 83.9 cm³/mol. The Morgan fingerprint density at radius 1 is 0.818 bits per heavy atom. The van der Waals surface area contributed by atoms with E-state index in [2.05, 4.69) is 4.98 Å². The Hall–Kier alpha value is -2.66. The van der Waals surface area contributed by atoms with E-state index in [9.17, 15) is 8.42 Å². The van der Waals surface area contributed by atoms with Crippen molar-refractivity contribution < 1.29 is 12.6 Å². The van der Waals surface area contributed by atoms with Gasteiger partial charge in [0.1, 0.15) is 4.90 Å². The third kappa shape index (κ3) is 2.99. The molecule has 3 aromatic rings. The summed E-state index contributed by atoms with van der Waals surface area (Å²) in [4.78, 5) is 3.84. The molecule has 0 bridgehead atoms. The van der Waals surface area contributed by atoms with Crippen molar-refractivity contribution in [3.05, 3.63) is 79.1 Å². The number of rotatable bonds is 4. The van der Waals surface area contributed by atoms with Gasteiger partial charge in [-0.3, -0.25) is 4.98 Å². The quantitative estimate of drug-likeness (QED) is 0.692. The number of hydrogen-bond acceptors (Lipinski definition) is 4. The fourth-order valence-corrected chi connectivity index (χ4v) is 2.97. The summed E-state index contributed by atoms with van der Waals surface area (Å²) in [5.74, 6) is 0.289. The zero-order valence-corrected chi connectivity index (χ0v) is 12.4. The van der Waals surface area contributed by atoms with Crippen LogP contribution in [0.15, 0.2) is 84.0 Å². The second-order valence-corrected chi connectivity index (χ2v) is 6.13. The molecule has 4 nitrogen and oxygen atoms in total. The van der Waals surface area contributed by atoms with E-state index in [1.807, 2.05) is 42.5 Å². The second kappa shape index (κ2) is 5.99. The Bertz CT molecular complexity index is 863. The van der Waals surface area contributed by atoms with Crippen LogP contribution in [0.25, 0.3) is 11.1 Å². The van der Waals surface area contributed by atoms with Crippen molar-refractivity contribution >= 4 is 10.1 Å². The van der Waals surface area contributed by atoms with Crippen molar-refractivity contribution in [1.29, 1.82) is 0 Å². The largest absolute Gasteiger partial charge is 0.378 e. The zero-order valence-electron chi connectivity index (χ0n) is 11.6. The van der Waals surface area contributed by atoms with Gasteiger partial charge in [-0.25, -0.2) is 0 Å². The molecule has 5 heteroatoms. The lowest BCUT2D eigenvalue weighted by Crippen LogP contribution is -2.10. The summed E-state index contributed by atoms with van der Waals surface area (Å²) in [5.41, 5.74) is 1.61. The Morgan fingerprint density at radius 2 is 1.55 bits per heavy atom. The molecule has 0 unspecified atom stereocenters. The number of pyridine rings is 1. The van der Waals surface area contributed by atoms with Gasteiger partial charge in [0.2, 0.25) is 0 Å². The molecule has 0 saturated heterocycles. The molecule has 0 aliphatic rings. The van der Waals surface area contributed by atoms with Crippen LogP contribution in [-0.4, -0.2) is 13.4 Å². The first-order valence-corrected chi connectivity index (χ1v) is 8.06. The average Bonchev–Trinajstić information content (AvgIpc) is 2.57. The molecule has 0 atom stereocenters. The molecule has 110 valence electrons. The zero-order chi connectivity index (χ0) is 15.4. The first-order chi connectivity index (χ1) is 10.7. The van der Waals surface area contributed by atoms with Gasteiger partial charge in [-0.1, -0.05) is 48.5 Å². The number of benzene rings is 2. The van der Waals surface area contributed by atoms with Gasteiger partial charge in [0.05, 0.1) is 0 Å². The highest BCUT2D eigenvalue weighted by atomic mass is 32.2. The molecular formula is C17H13NO3S. The topological polar surface area (TPSA) is 56.3 Å². The summed E-state index contributed by atoms with van der Waals surface area (Å²) in [7, 11) is -3.91. The van der Waals surface area contributed by atoms with Gasteiger partial charge in [0, 0.05) is 18.0 Å². The number of para-hydroxylation sites is 1. The summed E-state index contributed by atoms with van der Waals surface area (Å²) in [6, 6.07) is 19.5. The maximum atomic E-state index is 12.3. The smallest absolute Gasteiger partial charge is 0.340 e. The molecule has 3 rings (SSSR count). The lowest BCUT2D eigenvalue weighted by atomic mass is 10.1. The fourth-order valence-electron chi connectivity index (χ4n) is 2.06. The first kappa shape index (κ1) is 14.3. The van der Waals surface area contributed by atoms with E-state index in [0.29, 0.717) is 0 Å². The summed E-state index contributed by atoms with van der Waals surface area (Å²) < 4.78 is 30.0. The van der Waals surface area contributed by atoms with Gasteiger partial charge in [0.25, 0.3) is 0 Å². The van der Waals surface area contributed by atoms with Crippen molar-refractivity contribution in [1.82, 2.24) is 4.98 Å². The first-order valence-electron chi connectivity index (χ1n) is 6.66. The van der Waals surface area contributed by atoms with Crippen LogP contribution >= 0.6 is 0 Å². The van der Waals surface area contributed by atoms with Crippen LogP contribution < -0.4 is 4.18 Å². The van der Waals surface area contributed by atoms with Crippen LogP contribution in [0.2, 0.25) is 0 Å². The van der Waals surface area contributed by atoms with Crippen molar-refractivity contribution in [2.24, 2.45) is 0 Å². The number of hydrogen-bond donors (Lipinski definition) is 0. The van der Waals surface area contributed by atoms with Gasteiger partial charge in [-0.05, 0) is 23.8 Å². The third-order valence-electron chi connectivity index (χ3n) is 3.09. The molecule has 0 aliphatic heterocycles. The Balaban J connectivity index is 2.01. The van der Waals surface area contributed by atoms with Crippen molar-refractivity contribution in [3.63, 3.8) is 0 Å². The lowest BCUT2D eigenvalue weighted by Gasteiger charge is -2.11.